The Morgan fingerprint density at radius 1 is 0.543 bits per heavy atom. The van der Waals surface area contributed by atoms with Crippen molar-refractivity contribution >= 4 is 12.2 Å². The van der Waals surface area contributed by atoms with Gasteiger partial charge in [-0.3, -0.25) is 14.7 Å². The highest BCUT2D eigenvalue weighted by molar-refractivity contribution is 5.75. The third-order valence-electron chi connectivity index (χ3n) is 10.4. The zero-order chi connectivity index (χ0) is 33.0. The van der Waals surface area contributed by atoms with E-state index in [0.717, 1.165) is 32.5 Å². The van der Waals surface area contributed by atoms with Crippen LogP contribution in [0.1, 0.15) is 232 Å². The van der Waals surface area contributed by atoms with Crippen LogP contribution in [0.25, 0.3) is 0 Å². The fraction of sp³-hybridized carbons (Fsp3) is 0.952. The Kier molecular flexibility index (Phi) is 32.9. The summed E-state index contributed by atoms with van der Waals surface area (Å²) in [4.78, 5) is 12.5. The Morgan fingerprint density at radius 2 is 0.913 bits per heavy atom. The summed E-state index contributed by atoms with van der Waals surface area (Å²) in [6.45, 7) is 7.58. The molecule has 0 fully saturated rings. The Labute approximate surface area is 289 Å². The SMILES string of the molecule is CCCCCCCCCCCCCCCCCCC(CCNC(=O)CCCCCCCCCCCCCCCCC)[N+]1=CNCC1. The average molecular weight is 647 g/mol. The van der Waals surface area contributed by atoms with Gasteiger partial charge in [0.15, 0.2) is 0 Å². The lowest BCUT2D eigenvalue weighted by Crippen LogP contribution is -2.32. The van der Waals surface area contributed by atoms with Crippen LogP contribution in [0.3, 0.4) is 0 Å². The van der Waals surface area contributed by atoms with E-state index >= 15 is 0 Å². The molecule has 0 spiro atoms. The van der Waals surface area contributed by atoms with Crippen molar-refractivity contribution in [1.29, 1.82) is 0 Å². The minimum atomic E-state index is 0.263. The van der Waals surface area contributed by atoms with Crippen molar-refractivity contribution in [3.05, 3.63) is 0 Å². The van der Waals surface area contributed by atoms with E-state index in [1.165, 1.54) is 199 Å². The number of hydrogen-bond donors (Lipinski definition) is 2. The lowest BCUT2D eigenvalue weighted by Gasteiger charge is -2.17. The molecular weight excluding hydrogens is 562 g/mol. The standard InChI is InChI=1S/C42H83N3O/c1-3-5-7-9-11-13-15-17-19-21-22-24-26-28-30-32-34-41(45-39-38-43-40-45)36-37-44-42(46)35-33-31-29-27-25-23-20-18-16-14-12-10-8-6-4-2/h40-41H,3-39H2,1-2H3,(H,44,46)/p+1. The molecule has 0 aromatic carbocycles. The first-order valence-corrected chi connectivity index (χ1v) is 21.4. The van der Waals surface area contributed by atoms with Gasteiger partial charge in [0.1, 0.15) is 13.1 Å². The van der Waals surface area contributed by atoms with Gasteiger partial charge in [-0.05, 0) is 19.3 Å². The summed E-state index contributed by atoms with van der Waals surface area (Å²) in [6, 6.07) is 0.563. The number of rotatable bonds is 37. The summed E-state index contributed by atoms with van der Waals surface area (Å²) >= 11 is 0. The molecule has 272 valence electrons. The van der Waals surface area contributed by atoms with Gasteiger partial charge in [0.25, 0.3) is 0 Å². The maximum atomic E-state index is 12.5. The fourth-order valence-corrected chi connectivity index (χ4v) is 7.26. The Bertz CT molecular complexity index is 663. The van der Waals surface area contributed by atoms with Crippen molar-refractivity contribution in [1.82, 2.24) is 10.6 Å². The maximum absolute atomic E-state index is 12.5. The molecule has 0 radical (unpaired) electrons. The van der Waals surface area contributed by atoms with Crippen LogP contribution in [0.5, 0.6) is 0 Å². The van der Waals surface area contributed by atoms with Crippen molar-refractivity contribution in [2.24, 2.45) is 0 Å². The van der Waals surface area contributed by atoms with Crippen LogP contribution in [0.2, 0.25) is 0 Å². The monoisotopic (exact) mass is 647 g/mol. The van der Waals surface area contributed by atoms with Crippen LogP contribution in [0.15, 0.2) is 0 Å². The van der Waals surface area contributed by atoms with Crippen molar-refractivity contribution in [3.63, 3.8) is 0 Å². The molecule has 1 unspecified atom stereocenters. The molecule has 1 amide bonds. The van der Waals surface area contributed by atoms with Gasteiger partial charge in [0.05, 0.1) is 6.04 Å². The van der Waals surface area contributed by atoms with E-state index in [0.29, 0.717) is 12.5 Å². The molecule has 4 nitrogen and oxygen atoms in total. The average Bonchev–Trinajstić information content (AvgIpc) is 3.60. The summed E-state index contributed by atoms with van der Waals surface area (Å²) in [7, 11) is 0. The third kappa shape index (κ3) is 29.1. The van der Waals surface area contributed by atoms with Crippen LogP contribution in [0.4, 0.5) is 0 Å². The molecule has 0 aliphatic carbocycles. The van der Waals surface area contributed by atoms with Crippen LogP contribution in [-0.4, -0.2) is 42.5 Å². The number of carbonyl (C=O) groups is 1. The summed E-state index contributed by atoms with van der Waals surface area (Å²) < 4.78 is 2.49. The molecule has 1 aliphatic rings. The summed E-state index contributed by atoms with van der Waals surface area (Å²) in [6.07, 6.45) is 48.5. The van der Waals surface area contributed by atoms with E-state index in [2.05, 4.69) is 35.4 Å². The lowest BCUT2D eigenvalue weighted by molar-refractivity contribution is -0.555. The van der Waals surface area contributed by atoms with Gasteiger partial charge < -0.3 is 5.32 Å². The normalized spacial score (nSPS) is 13.6. The molecule has 0 bridgehead atoms. The number of unbranched alkanes of at least 4 members (excludes halogenated alkanes) is 29. The molecule has 4 heteroatoms. The molecule has 0 aromatic heterocycles. The largest absolute Gasteiger partial charge is 0.356 e. The summed E-state index contributed by atoms with van der Waals surface area (Å²) in [5.74, 6) is 0.263. The molecule has 1 rings (SSSR count). The Balaban J connectivity index is 1.93. The molecule has 0 saturated carbocycles. The minimum Gasteiger partial charge on any atom is -0.356 e. The lowest BCUT2D eigenvalue weighted by atomic mass is 10.0. The van der Waals surface area contributed by atoms with E-state index in [9.17, 15) is 4.79 Å². The van der Waals surface area contributed by atoms with Crippen LogP contribution in [0, 0.1) is 0 Å². The van der Waals surface area contributed by atoms with E-state index in [-0.39, 0.29) is 5.91 Å². The van der Waals surface area contributed by atoms with E-state index in [1.54, 1.807) is 0 Å². The second-order valence-corrected chi connectivity index (χ2v) is 14.9. The van der Waals surface area contributed by atoms with Gasteiger partial charge in [-0.25, -0.2) is 0 Å². The van der Waals surface area contributed by atoms with Gasteiger partial charge in [-0.15, -0.1) is 0 Å². The zero-order valence-corrected chi connectivity index (χ0v) is 31.7. The van der Waals surface area contributed by atoms with Gasteiger partial charge in [-0.1, -0.05) is 200 Å². The number of nitrogens with zero attached hydrogens (tertiary/aromatic N) is 1. The first-order chi connectivity index (χ1) is 22.8. The third-order valence-corrected chi connectivity index (χ3v) is 10.4. The Morgan fingerprint density at radius 3 is 1.28 bits per heavy atom. The maximum Gasteiger partial charge on any atom is 0.232 e. The topological polar surface area (TPSA) is 44.1 Å². The zero-order valence-electron chi connectivity index (χ0n) is 31.7. The second-order valence-electron chi connectivity index (χ2n) is 14.9. The second kappa shape index (κ2) is 35.3. The van der Waals surface area contributed by atoms with Gasteiger partial charge in [0.2, 0.25) is 12.2 Å². The minimum absolute atomic E-state index is 0.263. The predicted molar refractivity (Wildman–Crippen MR) is 204 cm³/mol. The van der Waals surface area contributed by atoms with Crippen molar-refractivity contribution in [2.45, 2.75) is 238 Å². The highest BCUT2D eigenvalue weighted by Crippen LogP contribution is 2.17. The summed E-state index contributed by atoms with van der Waals surface area (Å²) in [5, 5.41) is 6.64. The number of amides is 1. The van der Waals surface area contributed by atoms with Crippen molar-refractivity contribution in [2.75, 3.05) is 19.6 Å². The molecule has 46 heavy (non-hydrogen) atoms. The molecule has 0 aromatic rings. The van der Waals surface area contributed by atoms with Crippen molar-refractivity contribution in [3.8, 4) is 0 Å². The van der Waals surface area contributed by atoms with Crippen LogP contribution >= 0.6 is 0 Å². The molecular formula is C42H84N3O+. The quantitative estimate of drug-likeness (QED) is 0.0521. The number of hydrogen-bond acceptors (Lipinski definition) is 2. The first-order valence-electron chi connectivity index (χ1n) is 21.4. The number of nitrogens with one attached hydrogen (secondary N) is 2. The summed E-state index contributed by atoms with van der Waals surface area (Å²) in [5.41, 5.74) is 0. The van der Waals surface area contributed by atoms with E-state index < -0.39 is 0 Å². The molecule has 1 aliphatic heterocycles. The molecule has 1 atom stereocenters. The molecule has 2 N–H and O–H groups in total. The Hall–Kier alpha value is -1.06. The smallest absolute Gasteiger partial charge is 0.232 e. The highest BCUT2D eigenvalue weighted by Gasteiger charge is 2.20. The predicted octanol–water partition coefficient (Wildman–Crippen LogP) is 12.4. The molecule has 1 heterocycles. The fourth-order valence-electron chi connectivity index (χ4n) is 7.26. The first kappa shape index (κ1) is 43.0. The number of carbonyl (C=O) groups excluding carboxylic acids is 1. The highest BCUT2D eigenvalue weighted by atomic mass is 16.1. The molecule has 0 saturated heterocycles. The van der Waals surface area contributed by atoms with Crippen LogP contribution in [-0.2, 0) is 4.79 Å². The van der Waals surface area contributed by atoms with Gasteiger partial charge in [0, 0.05) is 19.4 Å². The van der Waals surface area contributed by atoms with E-state index in [1.807, 2.05) is 0 Å². The van der Waals surface area contributed by atoms with Crippen molar-refractivity contribution < 1.29 is 9.37 Å². The van der Waals surface area contributed by atoms with Gasteiger partial charge in [-0.2, -0.15) is 0 Å². The van der Waals surface area contributed by atoms with Crippen LogP contribution < -0.4 is 10.6 Å². The van der Waals surface area contributed by atoms with Gasteiger partial charge >= 0.3 is 0 Å². The van der Waals surface area contributed by atoms with E-state index in [4.69, 9.17) is 0 Å².